The zero-order valence-corrected chi connectivity index (χ0v) is 9.37. The quantitative estimate of drug-likeness (QED) is 0.733. The largest absolute Gasteiger partial charge is 0.379 e. The van der Waals surface area contributed by atoms with Gasteiger partial charge in [-0.05, 0) is 6.92 Å². The van der Waals surface area contributed by atoms with E-state index in [0.29, 0.717) is 0 Å². The van der Waals surface area contributed by atoms with E-state index in [0.717, 1.165) is 6.92 Å². The Balaban J connectivity index is 5.03. The second-order valence-corrected chi connectivity index (χ2v) is 3.71. The van der Waals surface area contributed by atoms with E-state index in [1.807, 2.05) is 0 Å². The zero-order valence-electron chi connectivity index (χ0n) is 9.37. The number of hydrogen-bond acceptors (Lipinski definition) is 2. The van der Waals surface area contributed by atoms with Gasteiger partial charge in [0.15, 0.2) is 0 Å². The molecular formula is C8H10F8N2O. The van der Waals surface area contributed by atoms with E-state index in [4.69, 9.17) is 5.73 Å². The molecule has 0 saturated heterocycles. The van der Waals surface area contributed by atoms with Gasteiger partial charge >= 0.3 is 24.2 Å². The number of nitrogens with two attached hydrogens (primary N) is 1. The molecule has 0 aliphatic heterocycles. The summed E-state index contributed by atoms with van der Waals surface area (Å²) in [5.41, 5.74) is 4.90. The van der Waals surface area contributed by atoms with E-state index in [9.17, 15) is 39.9 Å². The second kappa shape index (κ2) is 5.47. The minimum absolute atomic E-state index is 1.01. The molecule has 0 aromatic heterocycles. The first-order valence-electron chi connectivity index (χ1n) is 4.72. The molecule has 1 atom stereocenters. The van der Waals surface area contributed by atoms with Gasteiger partial charge in [-0.3, -0.25) is 4.79 Å². The first kappa shape index (κ1) is 17.9. The van der Waals surface area contributed by atoms with Gasteiger partial charge in [0.25, 0.3) is 0 Å². The average Bonchev–Trinajstić information content (AvgIpc) is 2.24. The molecule has 3 N–H and O–H groups in total. The van der Waals surface area contributed by atoms with Crippen molar-refractivity contribution >= 4 is 5.91 Å². The molecule has 114 valence electrons. The number of carbonyl (C=O) groups excluding carboxylic acids is 1. The van der Waals surface area contributed by atoms with Crippen molar-refractivity contribution in [3.8, 4) is 0 Å². The van der Waals surface area contributed by atoms with Gasteiger partial charge in [0.2, 0.25) is 5.91 Å². The number of amides is 1. The average molecular weight is 302 g/mol. The molecule has 0 saturated carbocycles. The SMILES string of the molecule is C[C@@H](N)C(=O)NCC(F)(F)C(F)(F)C(F)(F)C(F)F. The third-order valence-corrected chi connectivity index (χ3v) is 2.05. The number of nitrogens with one attached hydrogen (secondary N) is 1. The molecule has 0 aromatic rings. The predicted molar refractivity (Wildman–Crippen MR) is 47.5 cm³/mol. The topological polar surface area (TPSA) is 55.1 Å². The van der Waals surface area contributed by atoms with Gasteiger partial charge in [-0.1, -0.05) is 0 Å². The highest BCUT2D eigenvalue weighted by Gasteiger charge is 2.75. The molecule has 0 spiro atoms. The van der Waals surface area contributed by atoms with Crippen LogP contribution in [0.25, 0.3) is 0 Å². The van der Waals surface area contributed by atoms with Crippen molar-refractivity contribution in [2.45, 2.75) is 37.2 Å². The van der Waals surface area contributed by atoms with E-state index >= 15 is 0 Å². The number of alkyl halides is 8. The van der Waals surface area contributed by atoms with Gasteiger partial charge in [-0.15, -0.1) is 0 Å². The molecule has 0 aromatic carbocycles. The summed E-state index contributed by atoms with van der Waals surface area (Å²) in [6.45, 7) is -1.23. The fourth-order valence-electron chi connectivity index (χ4n) is 0.851. The van der Waals surface area contributed by atoms with Crippen LogP contribution in [0.3, 0.4) is 0 Å². The zero-order chi connectivity index (χ0) is 15.6. The van der Waals surface area contributed by atoms with Crippen LogP contribution < -0.4 is 11.1 Å². The van der Waals surface area contributed by atoms with Crippen LogP contribution in [0.4, 0.5) is 35.1 Å². The fourth-order valence-corrected chi connectivity index (χ4v) is 0.851. The van der Waals surface area contributed by atoms with Crippen molar-refractivity contribution in [2.75, 3.05) is 6.54 Å². The normalized spacial score (nSPS) is 15.5. The summed E-state index contributed by atoms with van der Waals surface area (Å²) >= 11 is 0. The lowest BCUT2D eigenvalue weighted by Crippen LogP contribution is -2.61. The van der Waals surface area contributed by atoms with Crippen LogP contribution in [0.2, 0.25) is 0 Å². The van der Waals surface area contributed by atoms with Crippen LogP contribution in [-0.2, 0) is 4.79 Å². The molecule has 3 nitrogen and oxygen atoms in total. The first-order chi connectivity index (χ1) is 8.27. The van der Waals surface area contributed by atoms with E-state index in [-0.39, 0.29) is 0 Å². The van der Waals surface area contributed by atoms with Crippen LogP contribution in [-0.4, -0.2) is 42.7 Å². The van der Waals surface area contributed by atoms with E-state index in [1.54, 1.807) is 0 Å². The Kier molecular flexibility index (Phi) is 5.14. The molecule has 11 heteroatoms. The number of hydrogen-bond donors (Lipinski definition) is 2. The molecule has 0 aliphatic carbocycles. The fraction of sp³-hybridized carbons (Fsp3) is 0.875. The van der Waals surface area contributed by atoms with Crippen LogP contribution in [0.5, 0.6) is 0 Å². The molecular weight excluding hydrogens is 292 g/mol. The Bertz CT molecular complexity index is 331. The molecule has 0 rings (SSSR count). The van der Waals surface area contributed by atoms with Gasteiger partial charge in [-0.2, -0.15) is 26.3 Å². The van der Waals surface area contributed by atoms with Crippen LogP contribution >= 0.6 is 0 Å². The van der Waals surface area contributed by atoms with Gasteiger partial charge in [-0.25, -0.2) is 8.78 Å². The Morgan fingerprint density at radius 3 is 1.89 bits per heavy atom. The first-order valence-corrected chi connectivity index (χ1v) is 4.72. The summed E-state index contributed by atoms with van der Waals surface area (Å²) in [6.07, 6.45) is -4.99. The third-order valence-electron chi connectivity index (χ3n) is 2.05. The minimum Gasteiger partial charge on any atom is -0.348 e. The molecule has 0 fully saturated rings. The second-order valence-electron chi connectivity index (χ2n) is 3.71. The smallest absolute Gasteiger partial charge is 0.348 e. The molecule has 1 amide bonds. The summed E-state index contributed by atoms with van der Waals surface area (Å²) in [5, 5.41) is 1.17. The highest BCUT2D eigenvalue weighted by molar-refractivity contribution is 5.81. The monoisotopic (exact) mass is 302 g/mol. The molecule has 0 radical (unpaired) electrons. The van der Waals surface area contributed by atoms with Crippen molar-refractivity contribution in [1.82, 2.24) is 5.32 Å². The Labute approximate surface area is 102 Å². The van der Waals surface area contributed by atoms with Crippen molar-refractivity contribution in [2.24, 2.45) is 5.73 Å². The highest BCUT2D eigenvalue weighted by Crippen LogP contribution is 2.48. The lowest BCUT2D eigenvalue weighted by Gasteiger charge is -2.32. The van der Waals surface area contributed by atoms with Gasteiger partial charge < -0.3 is 11.1 Å². The summed E-state index contributed by atoms with van der Waals surface area (Å²) in [5.74, 6) is -19.5. The predicted octanol–water partition coefficient (Wildman–Crippen LogP) is 1.62. The van der Waals surface area contributed by atoms with Crippen molar-refractivity contribution in [1.29, 1.82) is 0 Å². The Morgan fingerprint density at radius 1 is 1.16 bits per heavy atom. The van der Waals surface area contributed by atoms with Crippen molar-refractivity contribution in [3.63, 3.8) is 0 Å². The lowest BCUT2D eigenvalue weighted by atomic mass is 10.0. The summed E-state index contributed by atoms with van der Waals surface area (Å²) in [7, 11) is 0. The van der Waals surface area contributed by atoms with Gasteiger partial charge in [0, 0.05) is 0 Å². The lowest BCUT2D eigenvalue weighted by molar-refractivity contribution is -0.336. The maximum atomic E-state index is 12.9. The maximum absolute atomic E-state index is 12.9. The Hall–Kier alpha value is -1.13. The minimum atomic E-state index is -6.33. The van der Waals surface area contributed by atoms with Crippen molar-refractivity contribution < 1.29 is 39.9 Å². The summed E-state index contributed by atoms with van der Waals surface area (Å²) in [4.78, 5) is 10.8. The molecule has 0 bridgehead atoms. The highest BCUT2D eigenvalue weighted by atomic mass is 19.4. The van der Waals surface area contributed by atoms with E-state index in [1.165, 1.54) is 5.32 Å². The standard InChI is InChI=1S/C8H10F8N2O/c1-3(17)4(19)18-2-6(11,12)8(15,16)7(13,14)5(9)10/h3,5H,2,17H2,1H3,(H,18,19)/t3-/m1/s1. The van der Waals surface area contributed by atoms with Gasteiger partial charge in [0.05, 0.1) is 12.6 Å². The number of carbonyl (C=O) groups is 1. The molecule has 19 heavy (non-hydrogen) atoms. The number of rotatable bonds is 6. The van der Waals surface area contributed by atoms with E-state index < -0.39 is 42.7 Å². The summed E-state index contributed by atoms with van der Waals surface area (Å²) in [6, 6.07) is -1.36. The molecule has 0 heterocycles. The summed E-state index contributed by atoms with van der Waals surface area (Å²) < 4.78 is 99.3. The molecule has 0 aliphatic rings. The molecule has 0 unspecified atom stereocenters. The number of halogens is 8. The van der Waals surface area contributed by atoms with Crippen molar-refractivity contribution in [3.05, 3.63) is 0 Å². The third kappa shape index (κ3) is 3.45. The van der Waals surface area contributed by atoms with Crippen LogP contribution in [0.15, 0.2) is 0 Å². The van der Waals surface area contributed by atoms with Crippen LogP contribution in [0.1, 0.15) is 6.92 Å². The maximum Gasteiger partial charge on any atom is 0.379 e. The van der Waals surface area contributed by atoms with E-state index in [2.05, 4.69) is 0 Å². The van der Waals surface area contributed by atoms with Crippen LogP contribution in [0, 0.1) is 0 Å². The Morgan fingerprint density at radius 2 is 1.58 bits per heavy atom. The van der Waals surface area contributed by atoms with Gasteiger partial charge in [0.1, 0.15) is 0 Å².